The highest BCUT2D eigenvalue weighted by molar-refractivity contribution is 7.89. The summed E-state index contributed by atoms with van der Waals surface area (Å²) in [5, 5.41) is 2.93. The fraction of sp³-hybridized carbons (Fsp3) is 0.440. The molecule has 1 unspecified atom stereocenters. The maximum atomic E-state index is 13.4. The molecule has 35 heavy (non-hydrogen) atoms. The maximum Gasteiger partial charge on any atom is 0.244 e. The number of rotatable bonds is 7. The first kappa shape index (κ1) is 26.5. The maximum absolute atomic E-state index is 13.4. The number of hydrogen-bond donors (Lipinski definition) is 2. The van der Waals surface area contributed by atoms with Gasteiger partial charge in [0.25, 0.3) is 0 Å². The largest absolute Gasteiger partial charge is 0.497 e. The lowest BCUT2D eigenvalue weighted by Gasteiger charge is -2.32. The number of methoxy groups -OCH3 is 2. The highest BCUT2D eigenvalue weighted by atomic mass is 32.2. The van der Waals surface area contributed by atoms with Gasteiger partial charge in [-0.1, -0.05) is 43.2 Å². The molecule has 0 saturated carbocycles. The molecule has 10 heteroatoms. The van der Waals surface area contributed by atoms with Crippen molar-refractivity contribution < 1.29 is 27.5 Å². The van der Waals surface area contributed by atoms with Crippen molar-refractivity contribution in [1.29, 1.82) is 0 Å². The van der Waals surface area contributed by atoms with Crippen LogP contribution < -0.4 is 19.5 Å². The molecule has 0 bridgehead atoms. The van der Waals surface area contributed by atoms with Gasteiger partial charge in [0.2, 0.25) is 21.8 Å². The minimum Gasteiger partial charge on any atom is -0.497 e. The van der Waals surface area contributed by atoms with Gasteiger partial charge in [-0.25, -0.2) is 13.1 Å². The first-order chi connectivity index (χ1) is 16.9. The third kappa shape index (κ3) is 7.19. The number of nitrogens with zero attached hydrogens (tertiary/aromatic N) is 1. The van der Waals surface area contributed by atoms with Gasteiger partial charge in [-0.2, -0.15) is 0 Å². The van der Waals surface area contributed by atoms with Crippen LogP contribution in [0.2, 0.25) is 0 Å². The third-order valence-corrected chi connectivity index (χ3v) is 7.40. The molecule has 1 fully saturated rings. The number of carbonyl (C=O) groups excluding carboxylic acids is 2. The highest BCUT2D eigenvalue weighted by Gasteiger charge is 2.29. The second-order valence-corrected chi connectivity index (χ2v) is 10.1. The van der Waals surface area contributed by atoms with Crippen LogP contribution in [0.4, 0.5) is 0 Å². The van der Waals surface area contributed by atoms with Crippen LogP contribution in [0.5, 0.6) is 11.5 Å². The van der Waals surface area contributed by atoms with E-state index in [9.17, 15) is 18.0 Å². The van der Waals surface area contributed by atoms with Crippen molar-refractivity contribution in [3.05, 3.63) is 54.1 Å². The van der Waals surface area contributed by atoms with Gasteiger partial charge in [-0.05, 0) is 30.5 Å². The number of carbonyl (C=O) groups is 2. The van der Waals surface area contributed by atoms with Crippen LogP contribution in [0.3, 0.4) is 0 Å². The van der Waals surface area contributed by atoms with Gasteiger partial charge in [0.1, 0.15) is 16.4 Å². The van der Waals surface area contributed by atoms with Gasteiger partial charge >= 0.3 is 0 Å². The van der Waals surface area contributed by atoms with Crippen LogP contribution in [-0.2, 0) is 19.6 Å². The van der Waals surface area contributed by atoms with E-state index < -0.39 is 28.5 Å². The van der Waals surface area contributed by atoms with Crippen molar-refractivity contribution >= 4 is 21.8 Å². The summed E-state index contributed by atoms with van der Waals surface area (Å²) in [6.07, 6.45) is 3.61. The van der Waals surface area contributed by atoms with Crippen LogP contribution >= 0.6 is 0 Å². The number of amides is 2. The average molecular weight is 504 g/mol. The van der Waals surface area contributed by atoms with E-state index >= 15 is 0 Å². The van der Waals surface area contributed by atoms with Gasteiger partial charge in [0.05, 0.1) is 33.2 Å². The monoisotopic (exact) mass is 503 g/mol. The van der Waals surface area contributed by atoms with Gasteiger partial charge in [0, 0.05) is 19.2 Å². The van der Waals surface area contributed by atoms with Crippen LogP contribution in [-0.4, -0.2) is 59.0 Å². The summed E-state index contributed by atoms with van der Waals surface area (Å²) in [4.78, 5) is 27.5. The van der Waals surface area contributed by atoms with Crippen molar-refractivity contribution in [2.75, 3.05) is 33.9 Å². The van der Waals surface area contributed by atoms with E-state index in [1.165, 1.54) is 26.4 Å². The van der Waals surface area contributed by atoms with Gasteiger partial charge in [-0.15, -0.1) is 0 Å². The summed E-state index contributed by atoms with van der Waals surface area (Å²) >= 11 is 0. The molecule has 2 N–H and O–H groups in total. The Labute approximate surface area is 206 Å². The topological polar surface area (TPSA) is 114 Å². The second kappa shape index (κ2) is 12.6. The molecular formula is C25H33N3O6S. The standard InChI is InChI=1S/C25H33N3O6S/c1-33-20-12-13-22(34-2)23(16-20)35(31,32)27-18-25(30)28-15-9-4-3-8-14-26-24(29)17-21(28)19-10-6-5-7-11-19/h5-7,10-13,16,21,27H,3-4,8-9,14-15,17-18H2,1-2H3,(H,26,29). The zero-order chi connectivity index (χ0) is 25.3. The Morgan fingerprint density at radius 3 is 2.51 bits per heavy atom. The van der Waals surface area contributed by atoms with Crippen molar-refractivity contribution in [3.63, 3.8) is 0 Å². The molecule has 0 spiro atoms. The fourth-order valence-corrected chi connectivity index (χ4v) is 5.26. The number of ether oxygens (including phenoxy) is 2. The normalized spacial score (nSPS) is 17.7. The van der Waals surface area contributed by atoms with E-state index in [0.717, 1.165) is 31.2 Å². The third-order valence-electron chi connectivity index (χ3n) is 5.98. The van der Waals surface area contributed by atoms with Crippen LogP contribution in [0, 0.1) is 0 Å². The van der Waals surface area contributed by atoms with E-state index in [-0.39, 0.29) is 23.0 Å². The first-order valence-electron chi connectivity index (χ1n) is 11.7. The Morgan fingerprint density at radius 1 is 1.06 bits per heavy atom. The fourth-order valence-electron chi connectivity index (χ4n) is 4.10. The van der Waals surface area contributed by atoms with Crippen molar-refractivity contribution in [2.45, 2.75) is 43.0 Å². The summed E-state index contributed by atoms with van der Waals surface area (Å²) in [6, 6.07) is 13.3. The lowest BCUT2D eigenvalue weighted by atomic mass is 10.0. The summed E-state index contributed by atoms with van der Waals surface area (Å²) < 4.78 is 38.9. The highest BCUT2D eigenvalue weighted by Crippen LogP contribution is 2.29. The SMILES string of the molecule is COc1ccc(OC)c(S(=O)(=O)NCC(=O)N2CCCCCCNC(=O)CC2c2ccccc2)c1. The Hall–Kier alpha value is -3.11. The Morgan fingerprint density at radius 2 is 1.80 bits per heavy atom. The summed E-state index contributed by atoms with van der Waals surface area (Å²) in [7, 11) is -1.27. The van der Waals surface area contributed by atoms with Crippen LogP contribution in [0.25, 0.3) is 0 Å². The van der Waals surface area contributed by atoms with Gasteiger partial charge in [-0.3, -0.25) is 9.59 Å². The molecule has 0 aromatic heterocycles. The zero-order valence-corrected chi connectivity index (χ0v) is 21.0. The lowest BCUT2D eigenvalue weighted by molar-refractivity contribution is -0.134. The van der Waals surface area contributed by atoms with Crippen LogP contribution in [0.15, 0.2) is 53.4 Å². The molecule has 2 amide bonds. The molecule has 1 aliphatic heterocycles. The Bertz CT molecular complexity index is 1110. The zero-order valence-electron chi connectivity index (χ0n) is 20.2. The molecule has 1 saturated heterocycles. The molecule has 190 valence electrons. The van der Waals surface area contributed by atoms with E-state index in [0.29, 0.717) is 18.8 Å². The number of benzene rings is 2. The predicted octanol–water partition coefficient (Wildman–Crippen LogP) is 2.63. The molecule has 1 atom stereocenters. The van der Waals surface area contributed by atoms with Crippen molar-refractivity contribution in [1.82, 2.24) is 14.9 Å². The first-order valence-corrected chi connectivity index (χ1v) is 13.2. The van der Waals surface area contributed by atoms with Crippen LogP contribution in [0.1, 0.15) is 43.7 Å². The summed E-state index contributed by atoms with van der Waals surface area (Å²) in [5.41, 5.74) is 0.826. The molecular weight excluding hydrogens is 470 g/mol. The lowest BCUT2D eigenvalue weighted by Crippen LogP contribution is -2.44. The van der Waals surface area contributed by atoms with Gasteiger partial charge in [0.15, 0.2) is 0 Å². The van der Waals surface area contributed by atoms with E-state index in [4.69, 9.17) is 9.47 Å². The van der Waals surface area contributed by atoms with Crippen molar-refractivity contribution in [3.8, 4) is 11.5 Å². The number of sulfonamides is 1. The molecule has 1 aliphatic rings. The smallest absolute Gasteiger partial charge is 0.244 e. The molecule has 1 heterocycles. The molecule has 0 aliphatic carbocycles. The van der Waals surface area contributed by atoms with E-state index in [1.54, 1.807) is 11.0 Å². The average Bonchev–Trinajstić information content (AvgIpc) is 2.92. The van der Waals surface area contributed by atoms with Gasteiger partial charge < -0.3 is 19.7 Å². The molecule has 0 radical (unpaired) electrons. The molecule has 2 aromatic rings. The van der Waals surface area contributed by atoms with Crippen molar-refractivity contribution in [2.24, 2.45) is 0 Å². The summed E-state index contributed by atoms with van der Waals surface area (Å²) in [6.45, 7) is 0.583. The Kier molecular flexibility index (Phi) is 9.50. The summed E-state index contributed by atoms with van der Waals surface area (Å²) in [5.74, 6) is -0.0591. The minimum atomic E-state index is -4.08. The predicted molar refractivity (Wildman–Crippen MR) is 132 cm³/mol. The molecule has 3 rings (SSSR count). The quantitative estimate of drug-likeness (QED) is 0.601. The van der Waals surface area contributed by atoms with E-state index in [1.807, 2.05) is 30.3 Å². The number of nitrogens with one attached hydrogen (secondary N) is 2. The minimum absolute atomic E-state index is 0.103. The number of hydrogen-bond acceptors (Lipinski definition) is 6. The second-order valence-electron chi connectivity index (χ2n) is 8.32. The Balaban J connectivity index is 1.85. The molecule has 2 aromatic carbocycles. The molecule has 9 nitrogen and oxygen atoms in total. The van der Waals surface area contributed by atoms with E-state index in [2.05, 4.69) is 10.0 Å².